The van der Waals surface area contributed by atoms with Crippen LogP contribution >= 0.6 is 0 Å². The first-order chi connectivity index (χ1) is 15.0. The van der Waals surface area contributed by atoms with Crippen LogP contribution < -0.4 is 16.7 Å². The lowest BCUT2D eigenvalue weighted by Crippen LogP contribution is -2.29. The Kier molecular flexibility index (Phi) is 5.65. The second kappa shape index (κ2) is 8.70. The van der Waals surface area contributed by atoms with Gasteiger partial charge in [-0.3, -0.25) is 14.3 Å². The SMILES string of the molecule is Cn1c(=O)[nH]c(=O)c2c1nc(N/N=C/c1ccccc1O)n2CCCc1ccccc1. The Bertz CT molecular complexity index is 1350. The zero-order valence-corrected chi connectivity index (χ0v) is 16.9. The molecule has 0 saturated carbocycles. The number of rotatable bonds is 7. The molecule has 0 spiro atoms. The molecule has 31 heavy (non-hydrogen) atoms. The number of nitrogens with one attached hydrogen (secondary N) is 2. The Morgan fingerprint density at radius 2 is 1.87 bits per heavy atom. The quantitative estimate of drug-likeness (QED) is 0.314. The minimum absolute atomic E-state index is 0.100. The van der Waals surface area contributed by atoms with Crippen molar-refractivity contribution in [3.8, 4) is 5.75 Å². The highest BCUT2D eigenvalue weighted by Gasteiger charge is 2.17. The fraction of sp³-hybridized carbons (Fsp3) is 0.182. The van der Waals surface area contributed by atoms with Crippen molar-refractivity contribution in [2.24, 2.45) is 12.1 Å². The number of para-hydroxylation sites is 1. The van der Waals surface area contributed by atoms with Crippen LogP contribution in [0.2, 0.25) is 0 Å². The van der Waals surface area contributed by atoms with E-state index in [9.17, 15) is 14.7 Å². The van der Waals surface area contributed by atoms with Gasteiger partial charge in [0.2, 0.25) is 5.95 Å². The molecule has 0 bridgehead atoms. The van der Waals surface area contributed by atoms with E-state index in [1.165, 1.54) is 16.3 Å². The summed E-state index contributed by atoms with van der Waals surface area (Å²) in [7, 11) is 1.55. The maximum atomic E-state index is 12.5. The second-order valence-corrected chi connectivity index (χ2v) is 7.10. The summed E-state index contributed by atoms with van der Waals surface area (Å²) in [5, 5.41) is 14.0. The predicted octanol–water partition coefficient (Wildman–Crippen LogP) is 2.21. The number of nitrogens with zero attached hydrogens (tertiary/aromatic N) is 4. The van der Waals surface area contributed by atoms with Crippen molar-refractivity contribution >= 4 is 23.3 Å². The van der Waals surface area contributed by atoms with Gasteiger partial charge in [0.1, 0.15) is 5.75 Å². The lowest BCUT2D eigenvalue weighted by molar-refractivity contribution is 0.474. The number of phenolic OH excluding ortho intramolecular Hbond substituents is 1. The number of H-pyrrole nitrogens is 1. The van der Waals surface area contributed by atoms with Gasteiger partial charge in [-0.2, -0.15) is 10.1 Å². The molecule has 0 amide bonds. The zero-order valence-electron chi connectivity index (χ0n) is 16.9. The van der Waals surface area contributed by atoms with E-state index in [1.807, 2.05) is 18.2 Å². The van der Waals surface area contributed by atoms with Gasteiger partial charge in [-0.25, -0.2) is 10.2 Å². The van der Waals surface area contributed by atoms with Crippen molar-refractivity contribution in [2.75, 3.05) is 5.43 Å². The first-order valence-electron chi connectivity index (χ1n) is 9.85. The van der Waals surface area contributed by atoms with Crippen LogP contribution in [0.25, 0.3) is 11.2 Å². The molecule has 0 aliphatic rings. The third kappa shape index (κ3) is 4.25. The van der Waals surface area contributed by atoms with Crippen molar-refractivity contribution in [2.45, 2.75) is 19.4 Å². The maximum Gasteiger partial charge on any atom is 0.329 e. The first-order valence-corrected chi connectivity index (χ1v) is 9.85. The number of benzene rings is 2. The van der Waals surface area contributed by atoms with E-state index in [0.717, 1.165) is 12.8 Å². The van der Waals surface area contributed by atoms with E-state index in [0.29, 0.717) is 23.6 Å². The zero-order chi connectivity index (χ0) is 21.8. The third-order valence-corrected chi connectivity index (χ3v) is 5.00. The molecule has 0 aliphatic heterocycles. The molecule has 2 aromatic heterocycles. The summed E-state index contributed by atoms with van der Waals surface area (Å²) in [6, 6.07) is 16.8. The Labute approximate surface area is 177 Å². The number of anilines is 1. The number of hydrazone groups is 1. The third-order valence-electron chi connectivity index (χ3n) is 5.00. The van der Waals surface area contributed by atoms with E-state index in [1.54, 1.807) is 35.9 Å². The number of aromatic nitrogens is 4. The lowest BCUT2D eigenvalue weighted by atomic mass is 10.1. The maximum absolute atomic E-state index is 12.5. The second-order valence-electron chi connectivity index (χ2n) is 7.10. The molecule has 9 nitrogen and oxygen atoms in total. The van der Waals surface area contributed by atoms with Crippen LogP contribution in [0.1, 0.15) is 17.5 Å². The number of phenols is 1. The van der Waals surface area contributed by atoms with Gasteiger partial charge < -0.3 is 9.67 Å². The number of aromatic amines is 1. The van der Waals surface area contributed by atoms with E-state index >= 15 is 0 Å². The average Bonchev–Trinajstić information content (AvgIpc) is 3.13. The largest absolute Gasteiger partial charge is 0.507 e. The molecule has 0 radical (unpaired) electrons. The van der Waals surface area contributed by atoms with Crippen molar-refractivity contribution in [3.05, 3.63) is 86.6 Å². The average molecular weight is 418 g/mol. The van der Waals surface area contributed by atoms with Gasteiger partial charge in [-0.05, 0) is 30.5 Å². The molecule has 4 rings (SSSR count). The lowest BCUT2D eigenvalue weighted by Gasteiger charge is -2.08. The number of hydrogen-bond acceptors (Lipinski definition) is 6. The standard InChI is InChI=1S/C22H22N6O3/c1-27-19-18(20(30)25-22(27)31)28(13-7-10-15-8-3-2-4-9-15)21(24-19)26-23-14-16-11-5-6-12-17(16)29/h2-6,8-9,11-12,14,29H,7,10,13H2,1H3,(H,24,26)(H,25,30,31)/b23-14+. The molecule has 0 saturated heterocycles. The highest BCUT2D eigenvalue weighted by atomic mass is 16.3. The fourth-order valence-corrected chi connectivity index (χ4v) is 3.38. The van der Waals surface area contributed by atoms with Crippen LogP contribution in [0, 0.1) is 0 Å². The molecular formula is C22H22N6O3. The first kappa shape index (κ1) is 20.1. The summed E-state index contributed by atoms with van der Waals surface area (Å²) in [6.07, 6.45) is 3.05. The minimum Gasteiger partial charge on any atom is -0.507 e. The van der Waals surface area contributed by atoms with Gasteiger partial charge in [-0.15, -0.1) is 0 Å². The molecule has 2 heterocycles. The van der Waals surface area contributed by atoms with Gasteiger partial charge >= 0.3 is 5.69 Å². The van der Waals surface area contributed by atoms with Crippen molar-refractivity contribution in [1.82, 2.24) is 19.1 Å². The monoisotopic (exact) mass is 418 g/mol. The summed E-state index contributed by atoms with van der Waals surface area (Å²) in [5.41, 5.74) is 4.12. The van der Waals surface area contributed by atoms with Gasteiger partial charge in [0, 0.05) is 19.2 Å². The van der Waals surface area contributed by atoms with Crippen LogP contribution in [-0.2, 0) is 20.0 Å². The summed E-state index contributed by atoms with van der Waals surface area (Å²) >= 11 is 0. The topological polar surface area (TPSA) is 117 Å². The van der Waals surface area contributed by atoms with E-state index in [4.69, 9.17) is 0 Å². The van der Waals surface area contributed by atoms with Gasteiger partial charge in [0.15, 0.2) is 11.2 Å². The highest BCUT2D eigenvalue weighted by molar-refractivity contribution is 5.83. The summed E-state index contributed by atoms with van der Waals surface area (Å²) in [4.78, 5) is 31.3. The number of fused-ring (bicyclic) bond motifs is 1. The van der Waals surface area contributed by atoms with E-state index in [2.05, 4.69) is 32.6 Å². The predicted molar refractivity (Wildman–Crippen MR) is 120 cm³/mol. The molecule has 3 N–H and O–H groups in total. The molecule has 0 fully saturated rings. The van der Waals surface area contributed by atoms with Crippen LogP contribution in [-0.4, -0.2) is 30.4 Å². The highest BCUT2D eigenvalue weighted by Crippen LogP contribution is 2.18. The van der Waals surface area contributed by atoms with Gasteiger partial charge in [0.05, 0.1) is 6.21 Å². The van der Waals surface area contributed by atoms with Crippen molar-refractivity contribution in [1.29, 1.82) is 0 Å². The number of aromatic hydroxyl groups is 1. The van der Waals surface area contributed by atoms with Crippen LogP contribution in [0.15, 0.2) is 69.3 Å². The summed E-state index contributed by atoms with van der Waals surface area (Å²) in [6.45, 7) is 0.501. The van der Waals surface area contributed by atoms with Crippen LogP contribution in [0.4, 0.5) is 5.95 Å². The van der Waals surface area contributed by atoms with Crippen LogP contribution in [0.5, 0.6) is 5.75 Å². The molecule has 2 aromatic carbocycles. The molecule has 0 atom stereocenters. The van der Waals surface area contributed by atoms with Crippen LogP contribution in [0.3, 0.4) is 0 Å². The summed E-state index contributed by atoms with van der Waals surface area (Å²) < 4.78 is 3.01. The number of aryl methyl sites for hydroxylation is 3. The Morgan fingerprint density at radius 1 is 1.13 bits per heavy atom. The summed E-state index contributed by atoms with van der Waals surface area (Å²) in [5.74, 6) is 0.435. The van der Waals surface area contributed by atoms with Gasteiger partial charge in [0.25, 0.3) is 5.56 Å². The Morgan fingerprint density at radius 3 is 2.65 bits per heavy atom. The van der Waals surface area contributed by atoms with Crippen molar-refractivity contribution in [3.63, 3.8) is 0 Å². The normalized spacial score (nSPS) is 11.4. The molecule has 0 aliphatic carbocycles. The molecular weight excluding hydrogens is 396 g/mol. The number of imidazole rings is 1. The molecule has 158 valence electrons. The van der Waals surface area contributed by atoms with E-state index < -0.39 is 11.2 Å². The molecule has 4 aromatic rings. The fourth-order valence-electron chi connectivity index (χ4n) is 3.38. The smallest absolute Gasteiger partial charge is 0.329 e. The van der Waals surface area contributed by atoms with E-state index in [-0.39, 0.29) is 11.4 Å². The Hall–Kier alpha value is -4.14. The number of hydrogen-bond donors (Lipinski definition) is 3. The van der Waals surface area contributed by atoms with Crippen molar-refractivity contribution < 1.29 is 5.11 Å². The Balaban J connectivity index is 1.66. The minimum atomic E-state index is -0.532. The molecule has 9 heteroatoms. The molecule has 0 unspecified atom stereocenters. The van der Waals surface area contributed by atoms with Gasteiger partial charge in [-0.1, -0.05) is 42.5 Å².